The Labute approximate surface area is 146 Å². The summed E-state index contributed by atoms with van der Waals surface area (Å²) in [5, 5.41) is 38.4. The monoisotopic (exact) mass is 354 g/mol. The molecule has 0 bridgehead atoms. The first-order valence-electron chi connectivity index (χ1n) is 7.58. The van der Waals surface area contributed by atoms with E-state index in [0.717, 1.165) is 0 Å². The molecule has 1 aliphatic rings. The summed E-state index contributed by atoms with van der Waals surface area (Å²) >= 11 is 0. The van der Waals surface area contributed by atoms with E-state index in [1.165, 1.54) is 13.2 Å². The standard InChI is InChI=1S/C17H22O8/c1-3-11(8-6-4-5-7-9-13(19)23-2)24-17-16(22)15(21)14(20)12(10-18)25-17/h3,11-12,14-18,20-22H,1,7,9-10H2,2H3/t11-,12+,14+,15-,16+,17+/m0/s1. The van der Waals surface area contributed by atoms with Crippen LogP contribution in [0.15, 0.2) is 12.7 Å². The van der Waals surface area contributed by atoms with E-state index in [1.807, 2.05) is 0 Å². The Bertz CT molecular complexity index is 565. The zero-order valence-corrected chi connectivity index (χ0v) is 13.8. The molecule has 138 valence electrons. The van der Waals surface area contributed by atoms with Gasteiger partial charge in [0, 0.05) is 6.42 Å². The molecule has 0 unspecified atom stereocenters. The van der Waals surface area contributed by atoms with Gasteiger partial charge < -0.3 is 34.6 Å². The molecule has 6 atom stereocenters. The van der Waals surface area contributed by atoms with Crippen LogP contribution < -0.4 is 0 Å². The van der Waals surface area contributed by atoms with Crippen LogP contribution in [0.5, 0.6) is 0 Å². The second-order valence-corrected chi connectivity index (χ2v) is 5.14. The van der Waals surface area contributed by atoms with Crippen molar-refractivity contribution in [2.75, 3.05) is 13.7 Å². The summed E-state index contributed by atoms with van der Waals surface area (Å²) in [6, 6.07) is 0. The molecule has 8 nitrogen and oxygen atoms in total. The third-order valence-electron chi connectivity index (χ3n) is 3.39. The molecule has 25 heavy (non-hydrogen) atoms. The van der Waals surface area contributed by atoms with Gasteiger partial charge in [0.25, 0.3) is 0 Å². The van der Waals surface area contributed by atoms with E-state index in [2.05, 4.69) is 35.0 Å². The number of carbonyl (C=O) groups is 1. The summed E-state index contributed by atoms with van der Waals surface area (Å²) in [4.78, 5) is 10.9. The zero-order chi connectivity index (χ0) is 18.8. The Balaban J connectivity index is 2.61. The molecule has 0 radical (unpaired) electrons. The van der Waals surface area contributed by atoms with Gasteiger partial charge in [-0.1, -0.05) is 24.5 Å². The van der Waals surface area contributed by atoms with Crippen molar-refractivity contribution in [1.29, 1.82) is 0 Å². The lowest BCUT2D eigenvalue weighted by atomic mass is 9.99. The van der Waals surface area contributed by atoms with Gasteiger partial charge in [0.15, 0.2) is 6.29 Å². The molecule has 0 aromatic rings. The highest BCUT2D eigenvalue weighted by Gasteiger charge is 2.44. The Morgan fingerprint density at radius 3 is 2.60 bits per heavy atom. The molecule has 0 saturated carbocycles. The summed E-state index contributed by atoms with van der Waals surface area (Å²) in [6.07, 6.45) is -5.96. The molecule has 1 rings (SSSR count). The van der Waals surface area contributed by atoms with E-state index in [9.17, 15) is 20.1 Å². The van der Waals surface area contributed by atoms with Crippen LogP contribution in [0.4, 0.5) is 0 Å². The van der Waals surface area contributed by atoms with E-state index in [0.29, 0.717) is 6.42 Å². The average Bonchev–Trinajstić information content (AvgIpc) is 2.63. The molecule has 0 aromatic carbocycles. The van der Waals surface area contributed by atoms with Crippen molar-refractivity contribution in [3.05, 3.63) is 12.7 Å². The number of methoxy groups -OCH3 is 1. The van der Waals surface area contributed by atoms with Crippen LogP contribution in [0.1, 0.15) is 12.8 Å². The fourth-order valence-corrected chi connectivity index (χ4v) is 1.95. The topological polar surface area (TPSA) is 126 Å². The zero-order valence-electron chi connectivity index (χ0n) is 13.8. The van der Waals surface area contributed by atoms with E-state index in [4.69, 9.17) is 14.6 Å². The largest absolute Gasteiger partial charge is 0.469 e. The molecular formula is C17H22O8. The highest BCUT2D eigenvalue weighted by Crippen LogP contribution is 2.22. The highest BCUT2D eigenvalue weighted by molar-refractivity contribution is 5.69. The maximum absolute atomic E-state index is 10.9. The SMILES string of the molecule is C=C[C@@H](C#CC#CCCC(=O)OC)O[C@@H]1O[C@H](CO)[C@@H](O)[C@H](O)[C@H]1O. The Hall–Kier alpha value is -1.91. The number of aliphatic hydroxyl groups is 4. The van der Waals surface area contributed by atoms with Crippen LogP contribution in [-0.4, -0.2) is 76.9 Å². The molecule has 1 saturated heterocycles. The second-order valence-electron chi connectivity index (χ2n) is 5.14. The molecule has 1 heterocycles. The molecule has 0 spiro atoms. The van der Waals surface area contributed by atoms with Gasteiger partial charge in [-0.05, 0) is 11.8 Å². The predicted octanol–water partition coefficient (Wildman–Crippen LogP) is -1.68. The number of carbonyl (C=O) groups excluding carboxylic acids is 1. The quantitative estimate of drug-likeness (QED) is 0.253. The number of ether oxygens (including phenoxy) is 3. The average molecular weight is 354 g/mol. The van der Waals surface area contributed by atoms with Crippen LogP contribution in [0.25, 0.3) is 0 Å². The van der Waals surface area contributed by atoms with Crippen LogP contribution in [0.2, 0.25) is 0 Å². The van der Waals surface area contributed by atoms with Crippen molar-refractivity contribution in [2.24, 2.45) is 0 Å². The molecule has 0 aliphatic carbocycles. The van der Waals surface area contributed by atoms with Crippen molar-refractivity contribution >= 4 is 5.97 Å². The van der Waals surface area contributed by atoms with Gasteiger partial charge in [-0.15, -0.1) is 0 Å². The number of rotatable bonds is 6. The Kier molecular flexibility index (Phi) is 9.17. The van der Waals surface area contributed by atoms with Crippen molar-refractivity contribution in [3.8, 4) is 23.7 Å². The third kappa shape index (κ3) is 6.48. The molecule has 0 aromatic heterocycles. The normalized spacial score (nSPS) is 29.4. The lowest BCUT2D eigenvalue weighted by Crippen LogP contribution is -2.59. The number of esters is 1. The molecule has 1 aliphatic heterocycles. The fraction of sp³-hybridized carbons (Fsp3) is 0.588. The third-order valence-corrected chi connectivity index (χ3v) is 3.39. The maximum atomic E-state index is 10.9. The lowest BCUT2D eigenvalue weighted by molar-refractivity contribution is -0.303. The number of hydrogen-bond acceptors (Lipinski definition) is 8. The van der Waals surface area contributed by atoms with Gasteiger partial charge in [0.1, 0.15) is 30.5 Å². The Morgan fingerprint density at radius 2 is 2.00 bits per heavy atom. The van der Waals surface area contributed by atoms with Crippen LogP contribution >= 0.6 is 0 Å². The van der Waals surface area contributed by atoms with Gasteiger partial charge in [-0.25, -0.2) is 0 Å². The minimum Gasteiger partial charge on any atom is -0.469 e. The molecule has 8 heteroatoms. The van der Waals surface area contributed by atoms with Crippen molar-refractivity contribution in [1.82, 2.24) is 0 Å². The first-order valence-corrected chi connectivity index (χ1v) is 7.58. The van der Waals surface area contributed by atoms with Gasteiger partial charge >= 0.3 is 5.97 Å². The molecule has 1 fully saturated rings. The molecule has 4 N–H and O–H groups in total. The molecular weight excluding hydrogens is 332 g/mol. The van der Waals surface area contributed by atoms with E-state index in [-0.39, 0.29) is 12.4 Å². The lowest BCUT2D eigenvalue weighted by Gasteiger charge is -2.40. The first kappa shape index (κ1) is 21.1. The van der Waals surface area contributed by atoms with E-state index >= 15 is 0 Å². The van der Waals surface area contributed by atoms with Gasteiger partial charge in [-0.3, -0.25) is 4.79 Å². The highest BCUT2D eigenvalue weighted by atomic mass is 16.7. The van der Waals surface area contributed by atoms with Gasteiger partial charge in [0.2, 0.25) is 0 Å². The minimum absolute atomic E-state index is 0.164. The molecule has 0 amide bonds. The Morgan fingerprint density at radius 1 is 1.28 bits per heavy atom. The summed E-state index contributed by atoms with van der Waals surface area (Å²) in [5.74, 6) is 9.98. The van der Waals surface area contributed by atoms with Crippen LogP contribution in [-0.2, 0) is 19.0 Å². The van der Waals surface area contributed by atoms with Crippen molar-refractivity contribution in [2.45, 2.75) is 49.7 Å². The maximum Gasteiger partial charge on any atom is 0.306 e. The van der Waals surface area contributed by atoms with Crippen LogP contribution in [0.3, 0.4) is 0 Å². The van der Waals surface area contributed by atoms with E-state index in [1.54, 1.807) is 0 Å². The van der Waals surface area contributed by atoms with Gasteiger partial charge in [-0.2, -0.15) is 0 Å². The number of hydrogen-bond donors (Lipinski definition) is 4. The summed E-state index contributed by atoms with van der Waals surface area (Å²) in [6.45, 7) is 2.98. The summed E-state index contributed by atoms with van der Waals surface area (Å²) < 4.78 is 15.1. The van der Waals surface area contributed by atoms with Crippen molar-refractivity contribution in [3.63, 3.8) is 0 Å². The van der Waals surface area contributed by atoms with Gasteiger partial charge in [0.05, 0.1) is 20.1 Å². The number of aliphatic hydroxyl groups excluding tert-OH is 4. The predicted molar refractivity (Wildman–Crippen MR) is 85.6 cm³/mol. The fourth-order valence-electron chi connectivity index (χ4n) is 1.95. The second kappa shape index (κ2) is 10.9. The van der Waals surface area contributed by atoms with Crippen molar-refractivity contribution < 1.29 is 39.4 Å². The van der Waals surface area contributed by atoms with Crippen LogP contribution in [0, 0.1) is 23.7 Å². The minimum atomic E-state index is -1.53. The summed E-state index contributed by atoms with van der Waals surface area (Å²) in [5.41, 5.74) is 0. The van der Waals surface area contributed by atoms with E-state index < -0.39 is 43.4 Å². The summed E-state index contributed by atoms with van der Waals surface area (Å²) in [7, 11) is 1.29. The first-order chi connectivity index (χ1) is 11.9. The smallest absolute Gasteiger partial charge is 0.306 e.